The van der Waals surface area contributed by atoms with Gasteiger partial charge in [0.2, 0.25) is 0 Å². The Morgan fingerprint density at radius 3 is 2.42 bits per heavy atom. The van der Waals surface area contributed by atoms with Gasteiger partial charge in [0.1, 0.15) is 17.0 Å². The van der Waals surface area contributed by atoms with E-state index in [1.165, 1.54) is 11.1 Å². The van der Waals surface area contributed by atoms with Crippen molar-refractivity contribution in [1.82, 2.24) is 0 Å². The Balaban J connectivity index is 1.69. The summed E-state index contributed by atoms with van der Waals surface area (Å²) >= 11 is 0. The highest BCUT2D eigenvalue weighted by Gasteiger charge is 2.13. The Labute approximate surface area is 153 Å². The molecule has 26 heavy (non-hydrogen) atoms. The minimum absolute atomic E-state index is 0.0842. The van der Waals surface area contributed by atoms with Crippen LogP contribution >= 0.6 is 0 Å². The summed E-state index contributed by atoms with van der Waals surface area (Å²) in [6, 6.07) is 13.9. The van der Waals surface area contributed by atoms with Crippen molar-refractivity contribution < 1.29 is 8.81 Å². The molecule has 2 aromatic carbocycles. The molecule has 0 aliphatic carbocycles. The molecule has 1 heterocycles. The quantitative estimate of drug-likeness (QED) is 0.506. The molecule has 3 rings (SSSR count). The Kier molecular flexibility index (Phi) is 5.87. The number of halogens is 1. The smallest absolute Gasteiger partial charge is 0.346 e. The van der Waals surface area contributed by atoms with E-state index in [0.717, 1.165) is 25.7 Å². The fourth-order valence-electron chi connectivity index (χ4n) is 3.30. The molecule has 0 radical (unpaired) electrons. The molecule has 0 aliphatic rings. The van der Waals surface area contributed by atoms with Crippen molar-refractivity contribution in [3.05, 3.63) is 81.2 Å². The third-order valence-corrected chi connectivity index (χ3v) is 4.78. The molecule has 0 N–H and O–H groups in total. The van der Waals surface area contributed by atoms with E-state index in [-0.39, 0.29) is 5.39 Å². The number of aryl methyl sites for hydroxylation is 4. The maximum Gasteiger partial charge on any atom is 0.346 e. The second-order valence-corrected chi connectivity index (χ2v) is 6.95. The molecule has 0 spiro atoms. The topological polar surface area (TPSA) is 30.2 Å². The van der Waals surface area contributed by atoms with E-state index in [1.807, 2.05) is 13.0 Å². The molecule has 0 saturated heterocycles. The summed E-state index contributed by atoms with van der Waals surface area (Å²) in [7, 11) is 0. The molecule has 2 nitrogen and oxygen atoms in total. The largest absolute Gasteiger partial charge is 0.427 e. The van der Waals surface area contributed by atoms with E-state index >= 15 is 0 Å². The highest BCUT2D eigenvalue weighted by molar-refractivity contribution is 5.82. The van der Waals surface area contributed by atoms with Crippen LogP contribution in [0.15, 0.2) is 51.7 Å². The summed E-state index contributed by atoms with van der Waals surface area (Å²) < 4.78 is 20.0. The average molecular weight is 352 g/mol. The van der Waals surface area contributed by atoms with E-state index in [9.17, 15) is 9.18 Å². The molecule has 3 aromatic rings. The van der Waals surface area contributed by atoms with Crippen molar-refractivity contribution in [2.75, 3.05) is 0 Å². The normalized spacial score (nSPS) is 11.2. The number of benzene rings is 2. The van der Waals surface area contributed by atoms with Crippen LogP contribution in [0, 0.1) is 12.7 Å². The summed E-state index contributed by atoms with van der Waals surface area (Å²) in [5.74, 6) is 0.199. The molecule has 0 fully saturated rings. The van der Waals surface area contributed by atoms with Crippen LogP contribution in [-0.2, 0) is 19.3 Å². The molecule has 1 aromatic heterocycles. The second kappa shape index (κ2) is 8.31. The van der Waals surface area contributed by atoms with E-state index < -0.39 is 11.4 Å². The maximum atomic E-state index is 14.8. The summed E-state index contributed by atoms with van der Waals surface area (Å²) in [6.07, 6.45) is 5.06. The zero-order valence-electron chi connectivity index (χ0n) is 15.5. The first kappa shape index (κ1) is 18.4. The molecular formula is C23H25FO2. The van der Waals surface area contributed by atoms with Crippen LogP contribution in [0.1, 0.15) is 48.6 Å². The zero-order chi connectivity index (χ0) is 18.5. The van der Waals surface area contributed by atoms with Crippen LogP contribution in [0.5, 0.6) is 0 Å². The van der Waals surface area contributed by atoms with Gasteiger partial charge >= 0.3 is 5.63 Å². The monoisotopic (exact) mass is 352 g/mol. The molecule has 0 aliphatic heterocycles. The third kappa shape index (κ3) is 4.21. The molecule has 0 amide bonds. The lowest BCUT2D eigenvalue weighted by Crippen LogP contribution is -2.06. The van der Waals surface area contributed by atoms with E-state index in [4.69, 9.17) is 4.42 Å². The SMILES string of the molecule is CCCc1cc2ccc(CCCCc3ccc(C)cc3)c(F)c2c(=O)o1. The molecular weight excluding hydrogens is 327 g/mol. The van der Waals surface area contributed by atoms with Gasteiger partial charge in [0.05, 0.1) is 0 Å². The van der Waals surface area contributed by atoms with Crippen LogP contribution in [-0.4, -0.2) is 0 Å². The summed E-state index contributed by atoms with van der Waals surface area (Å²) in [5.41, 5.74) is 2.59. The summed E-state index contributed by atoms with van der Waals surface area (Å²) in [5, 5.41) is 0.714. The molecule has 136 valence electrons. The van der Waals surface area contributed by atoms with Crippen LogP contribution < -0.4 is 5.63 Å². The molecule has 3 heteroatoms. The van der Waals surface area contributed by atoms with Gasteiger partial charge in [-0.1, -0.05) is 48.9 Å². The minimum atomic E-state index is -0.565. The van der Waals surface area contributed by atoms with Crippen LogP contribution in [0.4, 0.5) is 4.39 Å². The van der Waals surface area contributed by atoms with Crippen LogP contribution in [0.3, 0.4) is 0 Å². The van der Waals surface area contributed by atoms with Crippen molar-refractivity contribution in [2.45, 2.75) is 52.4 Å². The van der Waals surface area contributed by atoms with Crippen molar-refractivity contribution >= 4 is 10.8 Å². The Hall–Kier alpha value is -2.42. The van der Waals surface area contributed by atoms with Crippen LogP contribution in [0.25, 0.3) is 10.8 Å². The fourth-order valence-corrected chi connectivity index (χ4v) is 3.30. The summed E-state index contributed by atoms with van der Waals surface area (Å²) in [6.45, 7) is 4.10. The molecule has 0 unspecified atom stereocenters. The van der Waals surface area contributed by atoms with Gasteiger partial charge in [-0.05, 0) is 61.6 Å². The zero-order valence-corrected chi connectivity index (χ0v) is 15.5. The van der Waals surface area contributed by atoms with Crippen molar-refractivity contribution in [3.8, 4) is 0 Å². The van der Waals surface area contributed by atoms with Crippen LogP contribution in [0.2, 0.25) is 0 Å². The van der Waals surface area contributed by atoms with Gasteiger partial charge in [0.25, 0.3) is 0 Å². The number of hydrogen-bond donors (Lipinski definition) is 0. The van der Waals surface area contributed by atoms with Gasteiger partial charge in [-0.2, -0.15) is 0 Å². The lowest BCUT2D eigenvalue weighted by molar-refractivity contribution is 0.461. The van der Waals surface area contributed by atoms with Gasteiger partial charge in [-0.25, -0.2) is 9.18 Å². The van der Waals surface area contributed by atoms with Crippen molar-refractivity contribution in [3.63, 3.8) is 0 Å². The minimum Gasteiger partial charge on any atom is -0.427 e. The fraction of sp³-hybridized carbons (Fsp3) is 0.348. The maximum absolute atomic E-state index is 14.8. The number of rotatable bonds is 7. The lowest BCUT2D eigenvalue weighted by atomic mass is 10.0. The Bertz CT molecular complexity index is 939. The van der Waals surface area contributed by atoms with Crippen molar-refractivity contribution in [1.29, 1.82) is 0 Å². The standard InChI is InChI=1S/C23H25FO2/c1-3-6-20-15-19-14-13-18(22(24)21(19)23(25)26-20)8-5-4-7-17-11-9-16(2)10-12-17/h9-15H,3-8H2,1-2H3. The first-order valence-corrected chi connectivity index (χ1v) is 9.38. The van der Waals surface area contributed by atoms with E-state index in [1.54, 1.807) is 12.1 Å². The third-order valence-electron chi connectivity index (χ3n) is 4.78. The highest BCUT2D eigenvalue weighted by Crippen LogP contribution is 2.21. The summed E-state index contributed by atoms with van der Waals surface area (Å²) in [4.78, 5) is 12.2. The van der Waals surface area contributed by atoms with Gasteiger partial charge in [0, 0.05) is 6.42 Å². The van der Waals surface area contributed by atoms with Gasteiger partial charge < -0.3 is 4.42 Å². The molecule has 0 bridgehead atoms. The first-order valence-electron chi connectivity index (χ1n) is 9.38. The van der Waals surface area contributed by atoms with Gasteiger partial charge in [0.15, 0.2) is 0 Å². The van der Waals surface area contributed by atoms with E-state index in [0.29, 0.717) is 29.6 Å². The number of unbranched alkanes of at least 4 members (excludes halogenated alkanes) is 1. The van der Waals surface area contributed by atoms with Crippen molar-refractivity contribution in [2.24, 2.45) is 0 Å². The lowest BCUT2D eigenvalue weighted by Gasteiger charge is -2.07. The second-order valence-electron chi connectivity index (χ2n) is 6.95. The van der Waals surface area contributed by atoms with E-state index in [2.05, 4.69) is 31.2 Å². The molecule has 0 saturated carbocycles. The Morgan fingerprint density at radius 2 is 1.69 bits per heavy atom. The van der Waals surface area contributed by atoms with Gasteiger partial charge in [-0.15, -0.1) is 0 Å². The number of fused-ring (bicyclic) bond motifs is 1. The average Bonchev–Trinajstić information content (AvgIpc) is 2.62. The van der Waals surface area contributed by atoms with Gasteiger partial charge in [-0.3, -0.25) is 0 Å². The Morgan fingerprint density at radius 1 is 0.962 bits per heavy atom. The first-order chi connectivity index (χ1) is 12.6. The number of hydrogen-bond acceptors (Lipinski definition) is 2. The molecule has 0 atom stereocenters. The predicted octanol–water partition coefficient (Wildman–Crippen LogP) is 5.76. The highest BCUT2D eigenvalue weighted by atomic mass is 19.1. The predicted molar refractivity (Wildman–Crippen MR) is 104 cm³/mol.